The maximum atomic E-state index is 14.3. The number of imidazole rings is 1. The molecule has 3 aromatic rings. The summed E-state index contributed by atoms with van der Waals surface area (Å²) in [5.74, 6) is -1.21. The van der Waals surface area contributed by atoms with Gasteiger partial charge in [0.1, 0.15) is 5.75 Å². The lowest BCUT2D eigenvalue weighted by Gasteiger charge is -2.36. The first-order valence-electron chi connectivity index (χ1n) is 16.1. The number of carboxylic acid groups (broad SMARTS) is 1. The quantitative estimate of drug-likeness (QED) is 0.286. The molecule has 48 heavy (non-hydrogen) atoms. The van der Waals surface area contributed by atoms with Crippen molar-refractivity contribution in [3.05, 3.63) is 71.7 Å². The molecule has 4 rings (SSSR count). The van der Waals surface area contributed by atoms with Gasteiger partial charge >= 0.3 is 5.97 Å². The molecule has 1 amide bonds. The third-order valence-electron chi connectivity index (χ3n) is 8.41. The molecule has 0 radical (unpaired) electrons. The van der Waals surface area contributed by atoms with Gasteiger partial charge in [0.15, 0.2) is 5.03 Å². The number of nitrogens with zero attached hydrogens (tertiary/aromatic N) is 4. The molecule has 0 fully saturated rings. The Hall–Kier alpha value is -3.98. The number of aryl methyl sites for hydroxylation is 1. The third kappa shape index (κ3) is 9.78. The Morgan fingerprint density at radius 2 is 1.90 bits per heavy atom. The number of amides is 1. The second-order valence-corrected chi connectivity index (χ2v) is 14.3. The number of aliphatic hydroxyl groups excluding tert-OH is 1. The number of nitrogens with one attached hydrogen (secondary N) is 1. The van der Waals surface area contributed by atoms with Crippen LogP contribution in [0.2, 0.25) is 0 Å². The van der Waals surface area contributed by atoms with E-state index in [0.29, 0.717) is 31.9 Å². The van der Waals surface area contributed by atoms with Gasteiger partial charge < -0.3 is 29.2 Å². The summed E-state index contributed by atoms with van der Waals surface area (Å²) < 4.78 is 42.8. The summed E-state index contributed by atoms with van der Waals surface area (Å²) in [6, 6.07) is 10.8. The Bertz CT molecular complexity index is 1650. The van der Waals surface area contributed by atoms with E-state index >= 15 is 0 Å². The second-order valence-electron chi connectivity index (χ2n) is 12.7. The van der Waals surface area contributed by atoms with Crippen LogP contribution in [0.3, 0.4) is 0 Å². The first-order valence-corrected chi connectivity index (χ1v) is 17.6. The predicted molar refractivity (Wildman–Crippen MR) is 181 cm³/mol. The van der Waals surface area contributed by atoms with Crippen molar-refractivity contribution in [2.45, 2.75) is 69.9 Å². The molecule has 3 N–H and O–H groups in total. The highest BCUT2D eigenvalue weighted by Crippen LogP contribution is 2.29. The number of aromatic nitrogens is 2. The van der Waals surface area contributed by atoms with E-state index in [-0.39, 0.29) is 53.1 Å². The Morgan fingerprint density at radius 1 is 1.17 bits per heavy atom. The molecule has 14 heteroatoms. The fraction of sp³-hybridized carbons (Fsp3) is 0.500. The van der Waals surface area contributed by atoms with Crippen molar-refractivity contribution in [2.24, 2.45) is 13.0 Å². The van der Waals surface area contributed by atoms with Gasteiger partial charge in [-0.2, -0.15) is 8.42 Å². The summed E-state index contributed by atoms with van der Waals surface area (Å²) in [6.45, 7) is 7.31. The lowest BCUT2D eigenvalue weighted by atomic mass is 10.0. The Balaban J connectivity index is 1.61. The summed E-state index contributed by atoms with van der Waals surface area (Å²) in [5.41, 5.74) is 1.54. The number of aliphatic hydroxyl groups is 1. The molecule has 1 aliphatic heterocycles. The van der Waals surface area contributed by atoms with Crippen LogP contribution < -0.4 is 9.46 Å². The van der Waals surface area contributed by atoms with Gasteiger partial charge in [0.2, 0.25) is 0 Å². The van der Waals surface area contributed by atoms with E-state index in [1.54, 1.807) is 55.3 Å². The van der Waals surface area contributed by atoms with E-state index in [1.165, 1.54) is 23.2 Å². The number of carbonyl (C=O) groups is 2. The van der Waals surface area contributed by atoms with Crippen molar-refractivity contribution in [3.63, 3.8) is 0 Å². The first-order chi connectivity index (χ1) is 22.8. The normalized spacial score (nSPS) is 20.4. The van der Waals surface area contributed by atoms with Gasteiger partial charge in [0.05, 0.1) is 42.3 Å². The zero-order valence-corrected chi connectivity index (χ0v) is 29.0. The zero-order valence-electron chi connectivity index (χ0n) is 28.2. The van der Waals surface area contributed by atoms with E-state index in [0.717, 1.165) is 18.4 Å². The molecule has 0 spiro atoms. The zero-order chi connectivity index (χ0) is 35.0. The van der Waals surface area contributed by atoms with Crippen LogP contribution >= 0.6 is 0 Å². The molecule has 1 aliphatic rings. The number of likely N-dealkylation sites (N-methyl/N-ethyl adjacent to an activating group) is 1. The molecule has 0 unspecified atom stereocenters. The highest BCUT2D eigenvalue weighted by Gasteiger charge is 2.31. The Kier molecular flexibility index (Phi) is 12.6. The van der Waals surface area contributed by atoms with Crippen LogP contribution in [0.5, 0.6) is 5.75 Å². The average molecular weight is 686 g/mol. The standard InChI is InChI=1S/C34H47N5O8S/c1-23-17-39(24(2)21-40)33(41)29-16-28(36-48(44,45)32-20-38(5)22-35-32)13-14-30(29)47-25(3)8-6-7-15-46-31(23)19-37(4)18-26-9-11-27(12-10-26)34(42)43/h9-14,16,20,22-25,31,36,40H,6-8,15,17-19,21H2,1-5H3,(H,42,43)/t23-,24-,25-,31+/m1/s1. The van der Waals surface area contributed by atoms with Crippen LogP contribution in [0.15, 0.2) is 60.0 Å². The monoisotopic (exact) mass is 685 g/mol. The largest absolute Gasteiger partial charge is 0.490 e. The van der Waals surface area contributed by atoms with Crippen molar-refractivity contribution in [1.82, 2.24) is 19.4 Å². The molecule has 13 nitrogen and oxygen atoms in total. The van der Waals surface area contributed by atoms with E-state index in [4.69, 9.17) is 9.47 Å². The predicted octanol–water partition coefficient (Wildman–Crippen LogP) is 3.85. The minimum Gasteiger partial charge on any atom is -0.490 e. The maximum Gasteiger partial charge on any atom is 0.335 e. The number of carboxylic acids is 1. The van der Waals surface area contributed by atoms with Crippen LogP contribution in [0, 0.1) is 5.92 Å². The molecule has 4 atom stereocenters. The minimum absolute atomic E-state index is 0.154. The molecule has 2 aromatic carbocycles. The minimum atomic E-state index is -4.02. The summed E-state index contributed by atoms with van der Waals surface area (Å²) >= 11 is 0. The number of benzene rings is 2. The van der Waals surface area contributed by atoms with Gasteiger partial charge in [0.25, 0.3) is 15.9 Å². The molecular formula is C34H47N5O8S. The van der Waals surface area contributed by atoms with E-state index in [2.05, 4.69) is 14.6 Å². The van der Waals surface area contributed by atoms with Crippen molar-refractivity contribution in [2.75, 3.05) is 38.1 Å². The number of carbonyl (C=O) groups excluding carboxylic acids is 1. The number of fused-ring (bicyclic) bond motifs is 1. The molecule has 1 aromatic heterocycles. The highest BCUT2D eigenvalue weighted by molar-refractivity contribution is 7.92. The van der Waals surface area contributed by atoms with Crippen molar-refractivity contribution < 1.29 is 37.7 Å². The number of ether oxygens (including phenoxy) is 2. The summed E-state index contributed by atoms with van der Waals surface area (Å²) in [4.78, 5) is 33.2. The van der Waals surface area contributed by atoms with Crippen molar-refractivity contribution in [3.8, 4) is 5.75 Å². The fourth-order valence-corrected chi connectivity index (χ4v) is 6.65. The lowest BCUT2D eigenvalue weighted by molar-refractivity contribution is -0.0177. The molecular weight excluding hydrogens is 638 g/mol. The first kappa shape index (κ1) is 36.8. The number of aromatic carboxylic acids is 1. The Labute approximate surface area is 282 Å². The van der Waals surface area contributed by atoms with Gasteiger partial charge in [-0.05, 0) is 76.1 Å². The van der Waals surface area contributed by atoms with Gasteiger partial charge in [-0.1, -0.05) is 19.1 Å². The molecule has 262 valence electrons. The van der Waals surface area contributed by atoms with E-state index < -0.39 is 27.9 Å². The molecule has 0 bridgehead atoms. The molecule has 2 heterocycles. The SMILES string of the molecule is C[C@@H]1CCCCO[C@@H](CN(C)Cc2ccc(C(=O)O)cc2)[C@H](C)CN([C@H](C)CO)C(=O)c2cc(NS(=O)(=O)c3cn(C)cn3)ccc2O1. The second kappa shape index (κ2) is 16.4. The van der Waals surface area contributed by atoms with Crippen LogP contribution in [0.4, 0.5) is 5.69 Å². The number of anilines is 1. The van der Waals surface area contributed by atoms with Gasteiger partial charge in [-0.15, -0.1) is 0 Å². The van der Waals surface area contributed by atoms with E-state index in [1.807, 2.05) is 20.9 Å². The van der Waals surface area contributed by atoms with Crippen molar-refractivity contribution >= 4 is 27.6 Å². The fourth-order valence-electron chi connectivity index (χ4n) is 5.62. The highest BCUT2D eigenvalue weighted by atomic mass is 32.2. The number of sulfonamides is 1. The molecule has 0 aliphatic carbocycles. The number of rotatable bonds is 10. The van der Waals surface area contributed by atoms with Crippen molar-refractivity contribution in [1.29, 1.82) is 0 Å². The smallest absolute Gasteiger partial charge is 0.335 e. The van der Waals surface area contributed by atoms with E-state index in [9.17, 15) is 28.2 Å². The average Bonchev–Trinajstić information content (AvgIpc) is 3.49. The van der Waals surface area contributed by atoms with Crippen LogP contribution in [-0.4, -0.2) is 101 Å². The Morgan fingerprint density at radius 3 is 2.54 bits per heavy atom. The third-order valence-corrected chi connectivity index (χ3v) is 9.67. The van der Waals surface area contributed by atoms with Gasteiger partial charge in [-0.3, -0.25) is 14.4 Å². The summed E-state index contributed by atoms with van der Waals surface area (Å²) in [5, 5.41) is 19.3. The molecule has 0 saturated carbocycles. The van der Waals surface area contributed by atoms with Gasteiger partial charge in [-0.25, -0.2) is 9.78 Å². The van der Waals surface area contributed by atoms with Crippen LogP contribution in [0.25, 0.3) is 0 Å². The molecule has 0 saturated heterocycles. The topological polar surface area (TPSA) is 164 Å². The number of hydrogen-bond acceptors (Lipinski definition) is 9. The number of hydrogen-bond donors (Lipinski definition) is 3. The van der Waals surface area contributed by atoms with Crippen LogP contribution in [-0.2, 0) is 28.4 Å². The maximum absolute atomic E-state index is 14.3. The summed E-state index contributed by atoms with van der Waals surface area (Å²) in [7, 11) is -0.386. The van der Waals surface area contributed by atoms with Crippen LogP contribution in [0.1, 0.15) is 66.3 Å². The lowest BCUT2D eigenvalue weighted by Crippen LogP contribution is -2.47. The summed E-state index contributed by atoms with van der Waals surface area (Å²) in [6.07, 6.45) is 4.65. The van der Waals surface area contributed by atoms with Gasteiger partial charge in [0, 0.05) is 51.1 Å².